The number of rotatable bonds is 4. The molecule has 0 aliphatic rings. The van der Waals surface area contributed by atoms with Gasteiger partial charge in [0.25, 0.3) is 5.91 Å². The van der Waals surface area contributed by atoms with Crippen molar-refractivity contribution in [1.82, 2.24) is 25.3 Å². The third-order valence-electron chi connectivity index (χ3n) is 4.77. The van der Waals surface area contributed by atoms with Gasteiger partial charge in [0, 0.05) is 38.3 Å². The number of carbonyl (C=O) groups excluding carboxylic acids is 1. The molecule has 4 rings (SSSR count). The first-order valence-corrected chi connectivity index (χ1v) is 8.80. The zero-order valence-corrected chi connectivity index (χ0v) is 15.5. The van der Waals surface area contributed by atoms with E-state index in [9.17, 15) is 9.18 Å². The number of amides is 1. The fourth-order valence-corrected chi connectivity index (χ4v) is 3.22. The van der Waals surface area contributed by atoms with E-state index in [1.165, 1.54) is 18.7 Å². The summed E-state index contributed by atoms with van der Waals surface area (Å²) >= 11 is 0. The van der Waals surface area contributed by atoms with Crippen LogP contribution in [0.25, 0.3) is 22.2 Å². The molecule has 0 unspecified atom stereocenters. The second kappa shape index (κ2) is 7.19. The maximum Gasteiger partial charge on any atom is 0.254 e. The van der Waals surface area contributed by atoms with Crippen LogP contribution in [-0.2, 0) is 6.54 Å². The molecule has 0 aliphatic carbocycles. The van der Waals surface area contributed by atoms with E-state index in [1.54, 1.807) is 19.2 Å². The van der Waals surface area contributed by atoms with Crippen molar-refractivity contribution in [3.63, 3.8) is 0 Å². The molecular weight excluding hydrogens is 357 g/mol. The van der Waals surface area contributed by atoms with Crippen LogP contribution in [0.2, 0.25) is 0 Å². The Bertz CT molecular complexity index is 1200. The highest BCUT2D eigenvalue weighted by Gasteiger charge is 2.14. The van der Waals surface area contributed by atoms with E-state index >= 15 is 0 Å². The molecule has 1 amide bonds. The van der Waals surface area contributed by atoms with Gasteiger partial charge < -0.3 is 10.3 Å². The minimum atomic E-state index is -0.370. The first-order chi connectivity index (χ1) is 13.5. The molecule has 0 aliphatic heterocycles. The summed E-state index contributed by atoms with van der Waals surface area (Å²) in [7, 11) is 0. The quantitative estimate of drug-likeness (QED) is 0.557. The molecule has 1 aromatic carbocycles. The normalized spacial score (nSPS) is 11.0. The molecule has 0 bridgehead atoms. The van der Waals surface area contributed by atoms with Gasteiger partial charge in [-0.15, -0.1) is 0 Å². The van der Waals surface area contributed by atoms with E-state index in [0.717, 1.165) is 27.7 Å². The lowest BCUT2D eigenvalue weighted by Gasteiger charge is -2.07. The summed E-state index contributed by atoms with van der Waals surface area (Å²) in [6.07, 6.45) is 5.70. The Hall–Kier alpha value is -3.61. The molecule has 6 nitrogen and oxygen atoms in total. The molecule has 7 heteroatoms. The zero-order valence-electron chi connectivity index (χ0n) is 15.5. The standard InChI is InChI=1S/C21H18FN5O.2H2/c1-12-16-7-14(8-25-21(28)17-9-24-11-26-13(17)2)3-4-19(16)27-20(12)15-5-6-23-10-18(15)22;;/h3-7,9-11,27H,8H2,1-2H3,(H,25,28);2*1H. The number of carbonyl (C=O) groups is 1. The molecule has 28 heavy (non-hydrogen) atoms. The molecular formula is C21H22FN5O. The van der Waals surface area contributed by atoms with Gasteiger partial charge >= 0.3 is 0 Å². The number of H-pyrrole nitrogens is 1. The number of hydrogen-bond donors (Lipinski definition) is 2. The Labute approximate surface area is 163 Å². The van der Waals surface area contributed by atoms with Crippen LogP contribution in [0.5, 0.6) is 0 Å². The van der Waals surface area contributed by atoms with E-state index in [0.29, 0.717) is 23.4 Å². The van der Waals surface area contributed by atoms with E-state index in [4.69, 9.17) is 0 Å². The van der Waals surface area contributed by atoms with Gasteiger partial charge in [0.15, 0.2) is 5.82 Å². The smallest absolute Gasteiger partial charge is 0.254 e. The number of benzene rings is 1. The summed E-state index contributed by atoms with van der Waals surface area (Å²) in [4.78, 5) is 27.4. The number of fused-ring (bicyclic) bond motifs is 1. The summed E-state index contributed by atoms with van der Waals surface area (Å²) < 4.78 is 14.1. The molecule has 0 fully saturated rings. The highest BCUT2D eigenvalue weighted by molar-refractivity contribution is 5.95. The van der Waals surface area contributed by atoms with Crippen molar-refractivity contribution in [2.24, 2.45) is 0 Å². The monoisotopic (exact) mass is 379 g/mol. The van der Waals surface area contributed by atoms with Crippen LogP contribution in [0, 0.1) is 19.7 Å². The topological polar surface area (TPSA) is 83.6 Å². The Morgan fingerprint density at radius 2 is 2.07 bits per heavy atom. The summed E-state index contributed by atoms with van der Waals surface area (Å²) in [5.41, 5.74) is 5.10. The first kappa shape index (κ1) is 17.8. The number of pyridine rings is 1. The van der Waals surface area contributed by atoms with Crippen molar-refractivity contribution in [3.05, 3.63) is 77.4 Å². The van der Waals surface area contributed by atoms with Crippen molar-refractivity contribution in [2.75, 3.05) is 0 Å². The molecule has 2 N–H and O–H groups in total. The van der Waals surface area contributed by atoms with Gasteiger partial charge in [-0.25, -0.2) is 14.4 Å². The second-order valence-corrected chi connectivity index (χ2v) is 6.56. The van der Waals surface area contributed by atoms with Gasteiger partial charge in [-0.05, 0) is 43.2 Å². The number of nitrogens with zero attached hydrogens (tertiary/aromatic N) is 3. The molecule has 0 spiro atoms. The van der Waals surface area contributed by atoms with Gasteiger partial charge in [-0.1, -0.05) is 6.07 Å². The molecule has 144 valence electrons. The Morgan fingerprint density at radius 3 is 2.86 bits per heavy atom. The van der Waals surface area contributed by atoms with Crippen LogP contribution in [0.1, 0.15) is 30.0 Å². The van der Waals surface area contributed by atoms with Gasteiger partial charge in [0.1, 0.15) is 6.33 Å². The molecule has 0 saturated heterocycles. The van der Waals surface area contributed by atoms with Crippen LogP contribution in [0.15, 0.2) is 49.2 Å². The fraction of sp³-hybridized carbons (Fsp3) is 0.143. The van der Waals surface area contributed by atoms with Gasteiger partial charge in [0.2, 0.25) is 0 Å². The largest absolute Gasteiger partial charge is 0.354 e. The first-order valence-electron chi connectivity index (χ1n) is 8.80. The van der Waals surface area contributed by atoms with Crippen LogP contribution < -0.4 is 5.32 Å². The Kier molecular flexibility index (Phi) is 4.57. The number of halogens is 1. The van der Waals surface area contributed by atoms with Gasteiger partial charge in [-0.2, -0.15) is 0 Å². The van der Waals surface area contributed by atoms with E-state index < -0.39 is 0 Å². The van der Waals surface area contributed by atoms with Crippen molar-refractivity contribution >= 4 is 16.8 Å². The zero-order chi connectivity index (χ0) is 19.7. The minimum Gasteiger partial charge on any atom is -0.354 e. The van der Waals surface area contributed by atoms with Crippen LogP contribution >= 0.6 is 0 Å². The molecule has 0 saturated carbocycles. The third kappa shape index (κ3) is 3.22. The molecule has 0 radical (unpaired) electrons. The highest BCUT2D eigenvalue weighted by Crippen LogP contribution is 2.31. The maximum absolute atomic E-state index is 14.1. The summed E-state index contributed by atoms with van der Waals surface area (Å²) in [5, 5.41) is 3.87. The predicted molar refractivity (Wildman–Crippen MR) is 108 cm³/mol. The SMILES string of the molecule is Cc1ncncc1C(=O)NCc1ccc2[nH]c(-c3ccncc3F)c(C)c2c1.[HH].[HH]. The average molecular weight is 379 g/mol. The maximum atomic E-state index is 14.1. The summed E-state index contributed by atoms with van der Waals surface area (Å²) in [5.74, 6) is -0.589. The molecule has 4 aromatic rings. The van der Waals surface area contributed by atoms with Crippen molar-refractivity contribution in [3.8, 4) is 11.3 Å². The van der Waals surface area contributed by atoms with E-state index in [2.05, 4.69) is 25.3 Å². The van der Waals surface area contributed by atoms with Crippen LogP contribution in [0.4, 0.5) is 4.39 Å². The van der Waals surface area contributed by atoms with E-state index in [1.807, 2.05) is 25.1 Å². The highest BCUT2D eigenvalue weighted by atomic mass is 19.1. The second-order valence-electron chi connectivity index (χ2n) is 6.56. The summed E-state index contributed by atoms with van der Waals surface area (Å²) in [6.45, 7) is 4.08. The molecule has 0 atom stereocenters. The van der Waals surface area contributed by atoms with Gasteiger partial charge in [0.05, 0.1) is 23.1 Å². The number of aryl methyl sites for hydroxylation is 2. The lowest BCUT2D eigenvalue weighted by molar-refractivity contribution is 0.0949. The van der Waals surface area contributed by atoms with Crippen molar-refractivity contribution in [2.45, 2.75) is 20.4 Å². The Morgan fingerprint density at radius 1 is 1.21 bits per heavy atom. The number of aromatic amines is 1. The lowest BCUT2D eigenvalue weighted by atomic mass is 10.1. The van der Waals surface area contributed by atoms with Crippen molar-refractivity contribution < 1.29 is 12.0 Å². The number of aromatic nitrogens is 4. The fourth-order valence-electron chi connectivity index (χ4n) is 3.22. The van der Waals surface area contributed by atoms with E-state index in [-0.39, 0.29) is 14.6 Å². The summed E-state index contributed by atoms with van der Waals surface area (Å²) in [6, 6.07) is 7.51. The van der Waals surface area contributed by atoms with Crippen LogP contribution in [0.3, 0.4) is 0 Å². The Balaban J connectivity index is 0.00000160. The molecule has 3 heterocycles. The average Bonchev–Trinajstić information content (AvgIpc) is 3.03. The minimum absolute atomic E-state index is 0. The lowest BCUT2D eigenvalue weighted by Crippen LogP contribution is -2.24. The van der Waals surface area contributed by atoms with Crippen LogP contribution in [-0.4, -0.2) is 25.8 Å². The number of hydrogen-bond acceptors (Lipinski definition) is 4. The van der Waals surface area contributed by atoms with Gasteiger partial charge in [-0.3, -0.25) is 9.78 Å². The number of nitrogens with one attached hydrogen (secondary N) is 2. The molecule has 3 aromatic heterocycles. The third-order valence-corrected chi connectivity index (χ3v) is 4.77. The van der Waals surface area contributed by atoms with Crippen molar-refractivity contribution in [1.29, 1.82) is 0 Å². The predicted octanol–water partition coefficient (Wildman–Crippen LogP) is 4.20.